The summed E-state index contributed by atoms with van der Waals surface area (Å²) in [7, 11) is 0. The van der Waals surface area contributed by atoms with E-state index in [0.717, 1.165) is 4.74 Å². The molecule has 4 N–H and O–H groups in total. The molecule has 0 fully saturated rings. The molecule has 0 saturated heterocycles. The largest absolute Gasteiger partial charge is 0.619 e. The van der Waals surface area contributed by atoms with E-state index < -0.39 is 11.3 Å². The van der Waals surface area contributed by atoms with Gasteiger partial charge in [-0.2, -0.15) is 4.74 Å². The Bertz CT molecular complexity index is 497. The maximum Gasteiger partial charge on any atom is 0.329 e. The van der Waals surface area contributed by atoms with Gasteiger partial charge in [0.05, 0.1) is 12.8 Å². The van der Waals surface area contributed by atoms with Gasteiger partial charge < -0.3 is 10.3 Å². The minimum absolute atomic E-state index is 0.237. The second-order valence-corrected chi connectivity index (χ2v) is 4.66. The van der Waals surface area contributed by atoms with Gasteiger partial charge in [0.2, 0.25) is 5.60 Å². The molecule has 0 radical (unpaired) electrons. The van der Waals surface area contributed by atoms with E-state index in [2.05, 4.69) is 20.7 Å². The van der Waals surface area contributed by atoms with Crippen molar-refractivity contribution in [3.8, 4) is 0 Å². The Labute approximate surface area is 91.1 Å². The van der Waals surface area contributed by atoms with Gasteiger partial charge in [0, 0.05) is 13.3 Å². The zero-order valence-corrected chi connectivity index (χ0v) is 8.93. The highest BCUT2D eigenvalue weighted by molar-refractivity contribution is 5.80. The van der Waals surface area contributed by atoms with Crippen LogP contribution in [0.4, 0.5) is 0 Å². The molecule has 1 aliphatic carbocycles. The molecule has 7 heteroatoms. The second-order valence-electron chi connectivity index (χ2n) is 4.66. The first kappa shape index (κ1) is 9.73. The Kier molecular flexibility index (Phi) is 1.59. The van der Waals surface area contributed by atoms with Crippen LogP contribution in [-0.2, 0) is 12.0 Å². The van der Waals surface area contributed by atoms with Crippen molar-refractivity contribution in [2.75, 3.05) is 0 Å². The number of nitrogens with zero attached hydrogens (tertiary/aromatic N) is 3. The molecule has 2 heterocycles. The molecule has 1 aliphatic heterocycles. The lowest BCUT2D eigenvalue weighted by Gasteiger charge is -2.34. The predicted molar refractivity (Wildman–Crippen MR) is 51.1 cm³/mol. The van der Waals surface area contributed by atoms with Crippen LogP contribution < -0.4 is 5.73 Å². The van der Waals surface area contributed by atoms with Gasteiger partial charge in [0.1, 0.15) is 5.69 Å². The highest BCUT2D eigenvalue weighted by atomic mass is 16.6. The Morgan fingerprint density at radius 3 is 3.06 bits per heavy atom. The van der Waals surface area contributed by atoms with Gasteiger partial charge in [-0.15, -0.1) is 0 Å². The number of fused-ring (bicyclic) bond motifs is 3. The number of aromatic nitrogens is 2. The van der Waals surface area contributed by atoms with E-state index in [0.29, 0.717) is 29.9 Å². The lowest BCUT2D eigenvalue weighted by atomic mass is 9.76. The molecule has 0 saturated carbocycles. The maximum absolute atomic E-state index is 12.0. The molecular weight excluding hydrogens is 212 g/mol. The molecular formula is C9H13N4O3+. The number of aliphatic hydroxyl groups is 1. The van der Waals surface area contributed by atoms with Gasteiger partial charge in [0.15, 0.2) is 11.4 Å². The van der Waals surface area contributed by atoms with Gasteiger partial charge in [-0.1, -0.05) is 10.3 Å². The van der Waals surface area contributed by atoms with E-state index >= 15 is 0 Å². The molecule has 16 heavy (non-hydrogen) atoms. The third kappa shape index (κ3) is 0.840. The van der Waals surface area contributed by atoms with Crippen molar-refractivity contribution in [3.05, 3.63) is 16.6 Å². The number of aryl methyl sites for hydroxylation is 1. The van der Waals surface area contributed by atoms with E-state index in [9.17, 15) is 10.3 Å². The molecule has 1 aromatic rings. The van der Waals surface area contributed by atoms with Crippen LogP contribution >= 0.6 is 0 Å². The van der Waals surface area contributed by atoms with Gasteiger partial charge >= 0.3 is 5.66 Å². The van der Waals surface area contributed by atoms with Gasteiger partial charge in [-0.25, -0.2) is 4.63 Å². The summed E-state index contributed by atoms with van der Waals surface area (Å²) in [5.41, 5.74) is 3.00. The summed E-state index contributed by atoms with van der Waals surface area (Å²) < 4.78 is 5.45. The summed E-state index contributed by atoms with van der Waals surface area (Å²) >= 11 is 0. The molecule has 3 rings (SSSR count). The fourth-order valence-corrected chi connectivity index (χ4v) is 2.76. The minimum Gasteiger partial charge on any atom is -0.619 e. The van der Waals surface area contributed by atoms with Crippen LogP contribution in [0.5, 0.6) is 0 Å². The van der Waals surface area contributed by atoms with Crippen molar-refractivity contribution in [1.82, 2.24) is 10.3 Å². The molecule has 0 amide bonds. The standard InChI is InChI=1S/C9H12N4O3/c1-5-4-8(14)7-6(11-16-12-7)2-3-9(8,10)13(5)15/h14H,2-4,10H2,1H3/p+1/t8-,9-/m0/s1. The van der Waals surface area contributed by atoms with Crippen molar-refractivity contribution in [1.29, 1.82) is 0 Å². The topological polar surface area (TPSA) is 113 Å². The minimum atomic E-state index is -1.37. The average molecular weight is 225 g/mol. The smallest absolute Gasteiger partial charge is 0.329 e. The van der Waals surface area contributed by atoms with Gasteiger partial charge in [-0.05, 0) is 0 Å². The molecule has 86 valence electrons. The van der Waals surface area contributed by atoms with Crippen LogP contribution in [-0.4, -0.2) is 31.5 Å². The normalized spacial score (nSPS) is 37.4. The van der Waals surface area contributed by atoms with Crippen LogP contribution in [0.3, 0.4) is 0 Å². The van der Waals surface area contributed by atoms with Crippen molar-refractivity contribution < 1.29 is 20.2 Å². The van der Waals surface area contributed by atoms with Gasteiger partial charge in [0.25, 0.3) is 0 Å². The summed E-state index contributed by atoms with van der Waals surface area (Å²) in [4.78, 5) is 0. The van der Waals surface area contributed by atoms with E-state index in [1.54, 1.807) is 6.92 Å². The summed E-state index contributed by atoms with van der Waals surface area (Å²) in [5.74, 6) is 0. The first-order valence-corrected chi connectivity index (χ1v) is 5.18. The molecule has 0 aromatic carbocycles. The monoisotopic (exact) mass is 225 g/mol. The lowest BCUT2D eigenvalue weighted by molar-refractivity contribution is -0.769. The molecule has 1 aromatic heterocycles. The number of hydrogen-bond donors (Lipinski definition) is 2. The van der Waals surface area contributed by atoms with Crippen LogP contribution in [0.15, 0.2) is 4.63 Å². The molecule has 2 atom stereocenters. The maximum atomic E-state index is 12.0. The van der Waals surface area contributed by atoms with Gasteiger partial charge in [-0.3, -0.25) is 5.73 Å². The Morgan fingerprint density at radius 1 is 1.56 bits per heavy atom. The fraction of sp³-hybridized carbons (Fsp3) is 0.667. The summed E-state index contributed by atoms with van der Waals surface area (Å²) in [6.45, 7) is 1.70. The summed E-state index contributed by atoms with van der Waals surface area (Å²) in [6, 6.07) is 0. The molecule has 0 bridgehead atoms. The van der Waals surface area contributed by atoms with Crippen molar-refractivity contribution in [2.45, 2.75) is 37.5 Å². The molecule has 0 spiro atoms. The predicted octanol–water partition coefficient (Wildman–Crippen LogP) is -1.48. The first-order chi connectivity index (χ1) is 7.49. The van der Waals surface area contributed by atoms with E-state index in [1.807, 2.05) is 0 Å². The number of rotatable bonds is 0. The molecule has 2 aliphatic rings. The third-order valence-electron chi connectivity index (χ3n) is 3.74. The number of quaternary nitrogens is 1. The van der Waals surface area contributed by atoms with Crippen LogP contribution in [0, 0.1) is 5.21 Å². The number of hydroxylamine groups is 1. The van der Waals surface area contributed by atoms with E-state index in [1.165, 1.54) is 0 Å². The molecule has 7 nitrogen and oxygen atoms in total. The molecule has 0 unspecified atom stereocenters. The Balaban J connectivity index is 2.22. The quantitative estimate of drug-likeness (QED) is 0.413. The SMILES string of the molecule is CC1=[N+]([O-])[C@@]2([NH3+])CCc3nonc3[C@@]2(O)C1. The lowest BCUT2D eigenvalue weighted by Crippen LogP contribution is -2.84. The first-order valence-electron chi connectivity index (χ1n) is 5.18. The van der Waals surface area contributed by atoms with E-state index in [4.69, 9.17) is 0 Å². The zero-order chi connectivity index (χ0) is 11.6. The fourth-order valence-electron chi connectivity index (χ4n) is 2.76. The zero-order valence-electron chi connectivity index (χ0n) is 8.93. The third-order valence-corrected chi connectivity index (χ3v) is 3.74. The van der Waals surface area contributed by atoms with Crippen LogP contribution in [0.25, 0.3) is 0 Å². The average Bonchev–Trinajstić information content (AvgIpc) is 2.77. The summed E-state index contributed by atoms with van der Waals surface area (Å²) in [6.07, 6.45) is 1.24. The van der Waals surface area contributed by atoms with Crippen LogP contribution in [0.1, 0.15) is 31.2 Å². The van der Waals surface area contributed by atoms with Crippen molar-refractivity contribution in [3.63, 3.8) is 0 Å². The van der Waals surface area contributed by atoms with Crippen LogP contribution in [0.2, 0.25) is 0 Å². The Hall–Kier alpha value is -1.47. The number of hydrogen-bond acceptors (Lipinski definition) is 5. The summed E-state index contributed by atoms with van der Waals surface area (Å²) in [5, 5.41) is 30.1. The van der Waals surface area contributed by atoms with E-state index in [-0.39, 0.29) is 6.42 Å². The highest BCUT2D eigenvalue weighted by Gasteiger charge is 2.69. The Morgan fingerprint density at radius 2 is 2.31 bits per heavy atom. The highest BCUT2D eigenvalue weighted by Crippen LogP contribution is 2.45. The van der Waals surface area contributed by atoms with Crippen molar-refractivity contribution in [2.24, 2.45) is 0 Å². The van der Waals surface area contributed by atoms with Crippen molar-refractivity contribution >= 4 is 5.71 Å². The second kappa shape index (κ2) is 2.61.